The summed E-state index contributed by atoms with van der Waals surface area (Å²) in [6.07, 6.45) is 2.87. The Hall–Kier alpha value is -1.13. The Balaban J connectivity index is 2.74. The summed E-state index contributed by atoms with van der Waals surface area (Å²) in [5.74, 6) is 1.64. The van der Waals surface area contributed by atoms with Gasteiger partial charge in [0.1, 0.15) is 5.82 Å². The maximum atomic E-state index is 9.18. The molecule has 0 fully saturated rings. The number of rotatable bonds is 9. The van der Waals surface area contributed by atoms with E-state index < -0.39 is 0 Å². The normalized spacial score (nSPS) is 11.0. The standard InChI is InChI=1S/C15H27N3O/c1-4-8-18(9-10-19)15-14(6-5-7-17-15)12-16-11-13(2)3/h5-7,13,16,19H,4,8-12H2,1-3H3. The third kappa shape index (κ3) is 5.57. The van der Waals surface area contributed by atoms with Crippen LogP contribution < -0.4 is 10.2 Å². The zero-order valence-corrected chi connectivity index (χ0v) is 12.4. The molecule has 0 amide bonds. The van der Waals surface area contributed by atoms with Crippen molar-refractivity contribution in [2.45, 2.75) is 33.7 Å². The summed E-state index contributed by atoms with van der Waals surface area (Å²) in [4.78, 5) is 6.65. The van der Waals surface area contributed by atoms with E-state index in [0.717, 1.165) is 31.9 Å². The molecule has 1 heterocycles. The molecule has 0 atom stereocenters. The summed E-state index contributed by atoms with van der Waals surface area (Å²) >= 11 is 0. The van der Waals surface area contributed by atoms with E-state index in [0.29, 0.717) is 12.5 Å². The monoisotopic (exact) mass is 265 g/mol. The molecule has 0 bridgehead atoms. The lowest BCUT2D eigenvalue weighted by molar-refractivity contribution is 0.301. The number of aliphatic hydroxyl groups is 1. The fraction of sp³-hybridized carbons (Fsp3) is 0.667. The second-order valence-corrected chi connectivity index (χ2v) is 5.22. The Bertz CT molecular complexity index is 349. The molecule has 2 N–H and O–H groups in total. The summed E-state index contributed by atoms with van der Waals surface area (Å²) in [6, 6.07) is 4.08. The lowest BCUT2D eigenvalue weighted by atomic mass is 10.2. The first-order valence-corrected chi connectivity index (χ1v) is 7.19. The first kappa shape index (κ1) is 15.9. The molecule has 4 nitrogen and oxygen atoms in total. The third-order valence-electron chi connectivity index (χ3n) is 2.90. The highest BCUT2D eigenvalue weighted by Gasteiger charge is 2.11. The molecule has 0 saturated heterocycles. The Morgan fingerprint density at radius 3 is 2.79 bits per heavy atom. The summed E-state index contributed by atoms with van der Waals surface area (Å²) in [5, 5.41) is 12.6. The predicted octanol–water partition coefficient (Wildman–Crippen LogP) is 2.04. The van der Waals surface area contributed by atoms with Crippen LogP contribution in [-0.2, 0) is 6.54 Å². The smallest absolute Gasteiger partial charge is 0.133 e. The van der Waals surface area contributed by atoms with Crippen LogP contribution in [0.1, 0.15) is 32.8 Å². The minimum Gasteiger partial charge on any atom is -0.395 e. The van der Waals surface area contributed by atoms with Crippen LogP contribution in [0.2, 0.25) is 0 Å². The summed E-state index contributed by atoms with van der Waals surface area (Å²) in [5.41, 5.74) is 1.20. The molecule has 0 aliphatic heterocycles. The van der Waals surface area contributed by atoms with E-state index in [2.05, 4.69) is 42.0 Å². The van der Waals surface area contributed by atoms with E-state index in [1.54, 1.807) is 0 Å². The van der Waals surface area contributed by atoms with E-state index in [1.807, 2.05) is 12.3 Å². The molecular formula is C15H27N3O. The quantitative estimate of drug-likeness (QED) is 0.717. The van der Waals surface area contributed by atoms with Crippen molar-refractivity contribution in [2.75, 3.05) is 31.1 Å². The van der Waals surface area contributed by atoms with Gasteiger partial charge in [-0.3, -0.25) is 0 Å². The van der Waals surface area contributed by atoms with Crippen LogP contribution >= 0.6 is 0 Å². The minimum absolute atomic E-state index is 0.162. The van der Waals surface area contributed by atoms with Crippen LogP contribution in [0.25, 0.3) is 0 Å². The fourth-order valence-corrected chi connectivity index (χ4v) is 2.06. The second-order valence-electron chi connectivity index (χ2n) is 5.22. The molecule has 108 valence electrons. The average molecular weight is 265 g/mol. The van der Waals surface area contributed by atoms with Gasteiger partial charge in [0, 0.05) is 31.4 Å². The molecule has 4 heteroatoms. The highest BCUT2D eigenvalue weighted by atomic mass is 16.3. The van der Waals surface area contributed by atoms with Crippen molar-refractivity contribution in [1.82, 2.24) is 10.3 Å². The van der Waals surface area contributed by atoms with Crippen LogP contribution in [0, 0.1) is 5.92 Å². The summed E-state index contributed by atoms with van der Waals surface area (Å²) < 4.78 is 0. The van der Waals surface area contributed by atoms with E-state index >= 15 is 0 Å². The molecule has 0 spiro atoms. The summed E-state index contributed by atoms with van der Waals surface area (Å²) in [7, 11) is 0. The van der Waals surface area contributed by atoms with E-state index in [-0.39, 0.29) is 6.61 Å². The highest BCUT2D eigenvalue weighted by Crippen LogP contribution is 2.17. The Morgan fingerprint density at radius 2 is 2.16 bits per heavy atom. The van der Waals surface area contributed by atoms with Crippen molar-refractivity contribution in [3.63, 3.8) is 0 Å². The molecule has 0 unspecified atom stereocenters. The lowest BCUT2D eigenvalue weighted by Crippen LogP contribution is -2.30. The number of nitrogens with zero attached hydrogens (tertiary/aromatic N) is 2. The number of aliphatic hydroxyl groups excluding tert-OH is 1. The molecule has 1 aromatic heterocycles. The van der Waals surface area contributed by atoms with Gasteiger partial charge in [-0.25, -0.2) is 4.98 Å². The number of nitrogens with one attached hydrogen (secondary N) is 1. The zero-order chi connectivity index (χ0) is 14.1. The highest BCUT2D eigenvalue weighted by molar-refractivity contribution is 5.46. The van der Waals surface area contributed by atoms with Crippen LogP contribution in [0.5, 0.6) is 0 Å². The van der Waals surface area contributed by atoms with Crippen LogP contribution in [0.3, 0.4) is 0 Å². The van der Waals surface area contributed by atoms with Crippen LogP contribution in [0.4, 0.5) is 5.82 Å². The van der Waals surface area contributed by atoms with Gasteiger partial charge < -0.3 is 15.3 Å². The molecule has 1 rings (SSSR count). The molecule has 0 aliphatic carbocycles. The molecule has 1 aromatic rings. The second kappa shape index (κ2) is 8.88. The maximum Gasteiger partial charge on any atom is 0.133 e. The van der Waals surface area contributed by atoms with Gasteiger partial charge in [0.2, 0.25) is 0 Å². The van der Waals surface area contributed by atoms with Gasteiger partial charge in [-0.05, 0) is 24.9 Å². The maximum absolute atomic E-state index is 9.18. The van der Waals surface area contributed by atoms with Gasteiger partial charge >= 0.3 is 0 Å². The van der Waals surface area contributed by atoms with Crippen molar-refractivity contribution < 1.29 is 5.11 Å². The third-order valence-corrected chi connectivity index (χ3v) is 2.90. The van der Waals surface area contributed by atoms with Gasteiger partial charge in [0.25, 0.3) is 0 Å². The first-order chi connectivity index (χ1) is 9.19. The van der Waals surface area contributed by atoms with E-state index in [4.69, 9.17) is 0 Å². The molecular weight excluding hydrogens is 238 g/mol. The molecule has 0 radical (unpaired) electrons. The van der Waals surface area contributed by atoms with Crippen molar-refractivity contribution in [3.8, 4) is 0 Å². The summed E-state index contributed by atoms with van der Waals surface area (Å²) in [6.45, 7) is 10.1. The van der Waals surface area contributed by atoms with Gasteiger partial charge in [-0.15, -0.1) is 0 Å². The SMILES string of the molecule is CCCN(CCO)c1ncccc1CNCC(C)C. The number of pyridine rings is 1. The van der Waals surface area contributed by atoms with Crippen molar-refractivity contribution in [2.24, 2.45) is 5.92 Å². The van der Waals surface area contributed by atoms with E-state index in [1.165, 1.54) is 5.56 Å². The van der Waals surface area contributed by atoms with Crippen molar-refractivity contribution in [1.29, 1.82) is 0 Å². The first-order valence-electron chi connectivity index (χ1n) is 7.19. The van der Waals surface area contributed by atoms with Gasteiger partial charge in [-0.2, -0.15) is 0 Å². The number of hydrogen-bond acceptors (Lipinski definition) is 4. The van der Waals surface area contributed by atoms with Gasteiger partial charge in [0.05, 0.1) is 6.61 Å². The predicted molar refractivity (Wildman–Crippen MR) is 80.4 cm³/mol. The number of aromatic nitrogens is 1. The van der Waals surface area contributed by atoms with Crippen molar-refractivity contribution in [3.05, 3.63) is 23.9 Å². The Morgan fingerprint density at radius 1 is 1.37 bits per heavy atom. The minimum atomic E-state index is 0.162. The largest absolute Gasteiger partial charge is 0.395 e. The van der Waals surface area contributed by atoms with Crippen LogP contribution in [-0.4, -0.2) is 36.3 Å². The number of hydrogen-bond donors (Lipinski definition) is 2. The Kier molecular flexibility index (Phi) is 7.45. The fourth-order valence-electron chi connectivity index (χ4n) is 2.06. The Labute approximate surface area is 116 Å². The van der Waals surface area contributed by atoms with Gasteiger partial charge in [0.15, 0.2) is 0 Å². The lowest BCUT2D eigenvalue weighted by Gasteiger charge is -2.24. The van der Waals surface area contributed by atoms with Gasteiger partial charge in [-0.1, -0.05) is 26.8 Å². The molecule has 0 aromatic carbocycles. The van der Waals surface area contributed by atoms with Crippen LogP contribution in [0.15, 0.2) is 18.3 Å². The molecule has 0 aliphatic rings. The number of anilines is 1. The topological polar surface area (TPSA) is 48.4 Å². The average Bonchev–Trinajstić information content (AvgIpc) is 2.39. The van der Waals surface area contributed by atoms with E-state index in [9.17, 15) is 5.11 Å². The molecule has 19 heavy (non-hydrogen) atoms. The van der Waals surface area contributed by atoms with Crippen molar-refractivity contribution >= 4 is 5.82 Å². The zero-order valence-electron chi connectivity index (χ0n) is 12.4. The molecule has 0 saturated carbocycles.